The number of ether oxygens (including phenoxy) is 1. The molecule has 0 saturated carbocycles. The predicted octanol–water partition coefficient (Wildman–Crippen LogP) is 2.49. The first kappa shape index (κ1) is 20.3. The van der Waals surface area contributed by atoms with Crippen molar-refractivity contribution in [1.82, 2.24) is 0 Å². The molecule has 0 aromatic heterocycles. The van der Waals surface area contributed by atoms with Gasteiger partial charge in [0.25, 0.3) is 0 Å². The van der Waals surface area contributed by atoms with E-state index in [1.54, 1.807) is 0 Å². The zero-order valence-corrected chi connectivity index (χ0v) is 12.3. The number of hydrogen-bond acceptors (Lipinski definition) is 5. The van der Waals surface area contributed by atoms with Gasteiger partial charge in [-0.3, -0.25) is 4.55 Å². The lowest BCUT2D eigenvalue weighted by Gasteiger charge is -1.98. The lowest BCUT2D eigenvalue weighted by molar-refractivity contribution is -0.209. The average Bonchev–Trinajstić information content (AvgIpc) is 2.42. The Morgan fingerprint density at radius 1 is 0.947 bits per heavy atom. The molecule has 0 amide bonds. The van der Waals surface area contributed by atoms with Crippen molar-refractivity contribution in [3.8, 4) is 0 Å². The van der Waals surface area contributed by atoms with Crippen LogP contribution in [0.3, 0.4) is 0 Å². The second-order valence-electron chi connectivity index (χ2n) is 2.82. The number of benzene rings is 1. The van der Waals surface area contributed by atoms with Gasteiger partial charge in [0, 0.05) is 13.7 Å². The van der Waals surface area contributed by atoms with Gasteiger partial charge in [0.15, 0.2) is 0 Å². The Balaban J connectivity index is 0. The average molecular weight is 294 g/mol. The summed E-state index contributed by atoms with van der Waals surface area (Å²) >= 11 is 0. The van der Waals surface area contributed by atoms with Crippen LogP contribution in [0.1, 0.15) is 20.3 Å². The van der Waals surface area contributed by atoms with Crippen molar-refractivity contribution >= 4 is 10.4 Å². The van der Waals surface area contributed by atoms with Crippen LogP contribution in [0.4, 0.5) is 0 Å². The van der Waals surface area contributed by atoms with Gasteiger partial charge in [0.2, 0.25) is 0 Å². The molecule has 1 aromatic carbocycles. The Hall–Kier alpha value is -0.990. The second kappa shape index (κ2) is 15.1. The van der Waals surface area contributed by atoms with Gasteiger partial charge in [-0.2, -0.15) is 8.42 Å². The van der Waals surface area contributed by atoms with Gasteiger partial charge in [-0.25, -0.2) is 4.89 Å². The van der Waals surface area contributed by atoms with Crippen LogP contribution in [0.25, 0.3) is 0 Å². The normalized spacial score (nSPS) is 9.68. The summed E-state index contributed by atoms with van der Waals surface area (Å²) < 4.78 is 35.8. The topological polar surface area (TPSA) is 82.1 Å². The molecule has 0 saturated heterocycles. The van der Waals surface area contributed by atoms with E-state index in [1.165, 1.54) is 7.11 Å². The Labute approximate surface area is 115 Å². The zero-order valence-electron chi connectivity index (χ0n) is 11.5. The summed E-state index contributed by atoms with van der Waals surface area (Å²) in [5.41, 5.74) is 0. The summed E-state index contributed by atoms with van der Waals surface area (Å²) in [5, 5.41) is 0. The third kappa shape index (κ3) is 22.6. The van der Waals surface area contributed by atoms with E-state index in [-0.39, 0.29) is 6.61 Å². The monoisotopic (exact) mass is 294 g/mol. The maximum Gasteiger partial charge on any atom is 0.424 e. The highest BCUT2D eigenvalue weighted by molar-refractivity contribution is 7.80. The molecule has 0 spiro atoms. The van der Waals surface area contributed by atoms with Gasteiger partial charge in [-0.15, -0.1) is 0 Å². The van der Waals surface area contributed by atoms with Crippen LogP contribution >= 0.6 is 0 Å². The number of hydrogen-bond donors (Lipinski definition) is 1. The van der Waals surface area contributed by atoms with Crippen LogP contribution in [0.2, 0.25) is 0 Å². The highest BCUT2D eigenvalue weighted by Crippen LogP contribution is 1.89. The third-order valence-corrected chi connectivity index (χ3v) is 1.65. The zero-order chi connectivity index (χ0) is 15.0. The molecule has 0 radical (unpaired) electrons. The Bertz CT molecular complexity index is 325. The van der Waals surface area contributed by atoms with Gasteiger partial charge in [0.05, 0.1) is 6.61 Å². The second-order valence-corrected chi connectivity index (χ2v) is 3.81. The third-order valence-electron chi connectivity index (χ3n) is 1.38. The predicted molar refractivity (Wildman–Crippen MR) is 72.9 cm³/mol. The van der Waals surface area contributed by atoms with Crippen LogP contribution in [-0.2, 0) is 24.4 Å². The summed E-state index contributed by atoms with van der Waals surface area (Å²) in [6.45, 7) is 4.49. The summed E-state index contributed by atoms with van der Waals surface area (Å²) in [6, 6.07) is 12.0. The van der Waals surface area contributed by atoms with E-state index in [2.05, 4.69) is 14.0 Å². The Kier molecular flexibility index (Phi) is 16.1. The minimum Gasteiger partial charge on any atom is -0.385 e. The van der Waals surface area contributed by atoms with E-state index in [4.69, 9.17) is 4.55 Å². The molecule has 0 aliphatic carbocycles. The summed E-state index contributed by atoms with van der Waals surface area (Å²) in [7, 11) is -2.97. The highest BCUT2D eigenvalue weighted by atomic mass is 32.3. The molecule has 1 N–H and O–H groups in total. The fourth-order valence-corrected chi connectivity index (χ4v) is 0.932. The van der Waals surface area contributed by atoms with E-state index in [0.717, 1.165) is 0 Å². The molecule has 1 aromatic rings. The standard InChI is InChI=1S/C6H6.C4H10O6S.C2H6/c1-2-4-6-5-3-1;1-8-3-2-4-9-10-11(5,6)7;1-2/h1-6H;2-4H2,1H3,(H,5,6,7);1-2H3. The molecular formula is C12H22O6S. The van der Waals surface area contributed by atoms with Gasteiger partial charge < -0.3 is 4.74 Å². The fourth-order valence-electron chi connectivity index (χ4n) is 0.742. The van der Waals surface area contributed by atoms with E-state index in [0.29, 0.717) is 13.0 Å². The summed E-state index contributed by atoms with van der Waals surface area (Å²) in [6.07, 6.45) is 0.492. The maximum absolute atomic E-state index is 9.84. The first-order chi connectivity index (χ1) is 9.06. The van der Waals surface area contributed by atoms with E-state index in [1.807, 2.05) is 50.2 Å². The summed E-state index contributed by atoms with van der Waals surface area (Å²) in [5.74, 6) is 0. The van der Waals surface area contributed by atoms with Crippen molar-refractivity contribution in [3.05, 3.63) is 36.4 Å². The molecule has 19 heavy (non-hydrogen) atoms. The van der Waals surface area contributed by atoms with Crippen molar-refractivity contribution in [3.63, 3.8) is 0 Å². The molecule has 1 rings (SSSR count). The highest BCUT2D eigenvalue weighted by Gasteiger charge is 2.03. The van der Waals surface area contributed by atoms with Crippen molar-refractivity contribution in [2.75, 3.05) is 20.3 Å². The van der Waals surface area contributed by atoms with Crippen LogP contribution in [-0.4, -0.2) is 33.3 Å². The van der Waals surface area contributed by atoms with Gasteiger partial charge in [-0.1, -0.05) is 54.6 Å². The van der Waals surface area contributed by atoms with Crippen molar-refractivity contribution in [2.24, 2.45) is 0 Å². The Morgan fingerprint density at radius 2 is 1.37 bits per heavy atom. The van der Waals surface area contributed by atoms with Crippen LogP contribution in [0.5, 0.6) is 0 Å². The molecule has 7 heteroatoms. The lowest BCUT2D eigenvalue weighted by atomic mass is 10.4. The van der Waals surface area contributed by atoms with Crippen LogP contribution < -0.4 is 0 Å². The minimum absolute atomic E-state index is 0.0492. The molecule has 112 valence electrons. The van der Waals surface area contributed by atoms with E-state index < -0.39 is 10.4 Å². The van der Waals surface area contributed by atoms with Gasteiger partial charge in [-0.05, 0) is 6.42 Å². The largest absolute Gasteiger partial charge is 0.424 e. The van der Waals surface area contributed by atoms with Crippen molar-refractivity contribution < 1.29 is 26.9 Å². The molecule has 0 fully saturated rings. The van der Waals surface area contributed by atoms with Crippen molar-refractivity contribution in [1.29, 1.82) is 0 Å². The molecule has 0 aliphatic rings. The quantitative estimate of drug-likeness (QED) is 0.376. The molecule has 0 heterocycles. The minimum atomic E-state index is -4.47. The van der Waals surface area contributed by atoms with Gasteiger partial charge >= 0.3 is 10.4 Å². The number of rotatable bonds is 6. The molecule has 6 nitrogen and oxygen atoms in total. The van der Waals surface area contributed by atoms with E-state index in [9.17, 15) is 8.42 Å². The molecule has 0 bridgehead atoms. The molecule has 0 aliphatic heterocycles. The van der Waals surface area contributed by atoms with E-state index >= 15 is 0 Å². The fraction of sp³-hybridized carbons (Fsp3) is 0.500. The molecule has 0 unspecified atom stereocenters. The van der Waals surface area contributed by atoms with Crippen molar-refractivity contribution in [2.45, 2.75) is 20.3 Å². The van der Waals surface area contributed by atoms with Crippen LogP contribution in [0.15, 0.2) is 36.4 Å². The summed E-state index contributed by atoms with van der Waals surface area (Å²) in [4.78, 5) is 4.08. The SMILES string of the molecule is CC.COCCCOOS(=O)(=O)O.c1ccccc1. The number of methoxy groups -OCH3 is 1. The first-order valence-corrected chi connectivity index (χ1v) is 7.20. The molecule has 0 atom stereocenters. The van der Waals surface area contributed by atoms with Crippen LogP contribution in [0, 0.1) is 0 Å². The smallest absolute Gasteiger partial charge is 0.385 e. The lowest BCUT2D eigenvalue weighted by Crippen LogP contribution is -2.06. The maximum atomic E-state index is 9.84. The Morgan fingerprint density at radius 3 is 1.68 bits per heavy atom. The first-order valence-electron chi connectivity index (χ1n) is 5.83. The molecular weight excluding hydrogens is 272 g/mol. The van der Waals surface area contributed by atoms with Gasteiger partial charge in [0.1, 0.15) is 0 Å².